The molecule has 23 heavy (non-hydrogen) atoms. The second-order valence-corrected chi connectivity index (χ2v) is 7.10. The fraction of sp³-hybridized carbons (Fsp3) is 0.444. The van der Waals surface area contributed by atoms with E-state index in [1.54, 1.807) is 4.90 Å². The molecule has 0 saturated carbocycles. The van der Waals surface area contributed by atoms with Gasteiger partial charge < -0.3 is 14.7 Å². The summed E-state index contributed by atoms with van der Waals surface area (Å²) in [6.07, 6.45) is 0.793. The van der Waals surface area contributed by atoms with Crippen LogP contribution in [0.3, 0.4) is 0 Å². The van der Waals surface area contributed by atoms with Gasteiger partial charge in [-0.05, 0) is 36.5 Å². The van der Waals surface area contributed by atoms with Gasteiger partial charge in [0.15, 0.2) is 5.76 Å². The van der Waals surface area contributed by atoms with E-state index in [2.05, 4.69) is 43.4 Å². The average Bonchev–Trinajstić information content (AvgIpc) is 2.88. The molecule has 122 valence electrons. The lowest BCUT2D eigenvalue weighted by molar-refractivity contribution is 0.196. The van der Waals surface area contributed by atoms with Crippen LogP contribution >= 0.6 is 0 Å². The zero-order valence-corrected chi connectivity index (χ0v) is 14.1. The summed E-state index contributed by atoms with van der Waals surface area (Å²) in [5.74, 6) is 0.798. The molecule has 1 aromatic heterocycles. The third-order valence-electron chi connectivity index (χ3n) is 4.32. The summed E-state index contributed by atoms with van der Waals surface area (Å²) >= 11 is 0. The van der Waals surface area contributed by atoms with Crippen molar-refractivity contribution >= 4 is 11.7 Å². The monoisotopic (exact) mass is 313 g/mol. The Morgan fingerprint density at radius 3 is 2.61 bits per heavy atom. The molecule has 2 amide bonds. The van der Waals surface area contributed by atoms with Gasteiger partial charge in [-0.15, -0.1) is 0 Å². The number of benzene rings is 1. The minimum absolute atomic E-state index is 0.104. The number of carbonyl (C=O) groups excluding carboxylic acids is 1. The number of nitrogens with one attached hydrogen (secondary N) is 1. The van der Waals surface area contributed by atoms with Crippen LogP contribution < -0.4 is 5.32 Å². The summed E-state index contributed by atoms with van der Waals surface area (Å²) in [5, 5.41) is 6.93. The van der Waals surface area contributed by atoms with Crippen LogP contribution in [0.25, 0.3) is 0 Å². The fourth-order valence-corrected chi connectivity index (χ4v) is 2.81. The molecule has 2 aromatic rings. The van der Waals surface area contributed by atoms with Gasteiger partial charge in [0.25, 0.3) is 0 Å². The van der Waals surface area contributed by atoms with Gasteiger partial charge in [0.05, 0.1) is 12.2 Å². The highest BCUT2D eigenvalue weighted by Crippen LogP contribution is 2.25. The molecule has 0 spiro atoms. The van der Waals surface area contributed by atoms with Crippen molar-refractivity contribution in [1.82, 2.24) is 10.1 Å². The lowest BCUT2D eigenvalue weighted by atomic mass is 9.87. The Bertz CT molecular complexity index is 711. The van der Waals surface area contributed by atoms with E-state index in [-0.39, 0.29) is 11.4 Å². The molecule has 2 heterocycles. The number of nitrogens with zero attached hydrogens (tertiary/aromatic N) is 2. The van der Waals surface area contributed by atoms with Gasteiger partial charge in [0.2, 0.25) is 0 Å². The molecule has 3 rings (SSSR count). The quantitative estimate of drug-likeness (QED) is 0.869. The van der Waals surface area contributed by atoms with Gasteiger partial charge in [-0.25, -0.2) is 4.79 Å². The van der Waals surface area contributed by atoms with Crippen LogP contribution in [0.4, 0.5) is 10.5 Å². The fourth-order valence-electron chi connectivity index (χ4n) is 2.81. The Morgan fingerprint density at radius 1 is 1.26 bits per heavy atom. The molecule has 5 heteroatoms. The summed E-state index contributed by atoms with van der Waals surface area (Å²) in [6, 6.07) is 7.92. The summed E-state index contributed by atoms with van der Waals surface area (Å²) < 4.78 is 5.30. The maximum absolute atomic E-state index is 12.4. The van der Waals surface area contributed by atoms with E-state index in [1.165, 1.54) is 5.56 Å². The molecular formula is C18H23N3O2. The predicted molar refractivity (Wildman–Crippen MR) is 89.5 cm³/mol. The molecule has 0 radical (unpaired) electrons. The number of hydrogen-bond acceptors (Lipinski definition) is 3. The summed E-state index contributed by atoms with van der Waals surface area (Å²) in [7, 11) is 0. The molecule has 0 bridgehead atoms. The van der Waals surface area contributed by atoms with Crippen LogP contribution in [0.1, 0.15) is 43.4 Å². The first-order valence-corrected chi connectivity index (χ1v) is 7.95. The summed E-state index contributed by atoms with van der Waals surface area (Å²) in [4.78, 5) is 14.2. The highest BCUT2D eigenvalue weighted by Gasteiger charge is 2.25. The van der Waals surface area contributed by atoms with Crippen molar-refractivity contribution in [2.75, 3.05) is 11.9 Å². The van der Waals surface area contributed by atoms with Crippen LogP contribution in [0.2, 0.25) is 0 Å². The Balaban J connectivity index is 1.66. The number of fused-ring (bicyclic) bond motifs is 1. The number of aryl methyl sites for hydroxylation is 1. The van der Waals surface area contributed by atoms with Crippen molar-refractivity contribution < 1.29 is 9.32 Å². The molecule has 0 fully saturated rings. The lowest BCUT2D eigenvalue weighted by Crippen LogP contribution is -2.38. The first-order valence-electron chi connectivity index (χ1n) is 7.95. The predicted octanol–water partition coefficient (Wildman–Crippen LogP) is 3.87. The number of aromatic nitrogens is 1. The van der Waals surface area contributed by atoms with E-state index in [9.17, 15) is 4.79 Å². The topological polar surface area (TPSA) is 58.4 Å². The number of anilines is 1. The smallest absolute Gasteiger partial charge is 0.322 e. The molecular weight excluding hydrogens is 290 g/mol. The second kappa shape index (κ2) is 5.72. The van der Waals surface area contributed by atoms with Crippen molar-refractivity contribution in [2.24, 2.45) is 0 Å². The second-order valence-electron chi connectivity index (χ2n) is 7.10. The lowest BCUT2D eigenvalue weighted by Gasteiger charge is -2.26. The van der Waals surface area contributed by atoms with Crippen molar-refractivity contribution in [3.63, 3.8) is 0 Å². The number of hydrogen-bond donors (Lipinski definition) is 1. The zero-order chi connectivity index (χ0) is 16.6. The van der Waals surface area contributed by atoms with Gasteiger partial charge >= 0.3 is 6.03 Å². The van der Waals surface area contributed by atoms with E-state index in [1.807, 2.05) is 19.1 Å². The van der Waals surface area contributed by atoms with Gasteiger partial charge in [-0.2, -0.15) is 0 Å². The molecule has 5 nitrogen and oxygen atoms in total. The largest absolute Gasteiger partial charge is 0.359 e. The van der Waals surface area contributed by atoms with Gasteiger partial charge in [-0.1, -0.05) is 38.1 Å². The van der Waals surface area contributed by atoms with E-state index in [4.69, 9.17) is 4.52 Å². The highest BCUT2D eigenvalue weighted by molar-refractivity contribution is 5.89. The summed E-state index contributed by atoms with van der Waals surface area (Å²) in [5.41, 5.74) is 4.23. The molecule has 1 aliphatic rings. The van der Waals surface area contributed by atoms with Crippen molar-refractivity contribution in [3.05, 3.63) is 46.8 Å². The standard InChI is InChI=1S/C18H23N3O2/c1-12-15-9-10-21(11-16(15)23-20-12)17(22)19-14-7-5-13(6-8-14)18(2,3)4/h5-8H,9-11H2,1-4H3,(H,19,22). The van der Waals surface area contributed by atoms with Crippen LogP contribution in [0, 0.1) is 6.92 Å². The van der Waals surface area contributed by atoms with Crippen molar-refractivity contribution in [3.8, 4) is 0 Å². The van der Waals surface area contributed by atoms with Gasteiger partial charge in [0, 0.05) is 17.8 Å². The molecule has 0 unspecified atom stereocenters. The highest BCUT2D eigenvalue weighted by atomic mass is 16.5. The maximum atomic E-state index is 12.4. The Labute approximate surface area is 136 Å². The first kappa shape index (κ1) is 15.6. The molecule has 1 aromatic carbocycles. The Morgan fingerprint density at radius 2 is 1.96 bits per heavy atom. The van der Waals surface area contributed by atoms with Crippen LogP contribution in [0.5, 0.6) is 0 Å². The minimum Gasteiger partial charge on any atom is -0.359 e. The maximum Gasteiger partial charge on any atom is 0.322 e. The van der Waals surface area contributed by atoms with Gasteiger partial charge in [-0.3, -0.25) is 0 Å². The van der Waals surface area contributed by atoms with E-state index < -0.39 is 0 Å². The third kappa shape index (κ3) is 3.23. The van der Waals surface area contributed by atoms with E-state index in [0.29, 0.717) is 13.1 Å². The number of carbonyl (C=O) groups is 1. The van der Waals surface area contributed by atoms with Crippen LogP contribution in [0.15, 0.2) is 28.8 Å². The molecule has 0 atom stereocenters. The first-order chi connectivity index (χ1) is 10.8. The Kier molecular flexibility index (Phi) is 3.88. The molecule has 0 aliphatic carbocycles. The number of rotatable bonds is 1. The number of urea groups is 1. The van der Waals surface area contributed by atoms with Gasteiger partial charge in [0.1, 0.15) is 0 Å². The molecule has 0 saturated heterocycles. The third-order valence-corrected chi connectivity index (χ3v) is 4.32. The van der Waals surface area contributed by atoms with Crippen molar-refractivity contribution in [2.45, 2.75) is 46.1 Å². The minimum atomic E-state index is -0.104. The van der Waals surface area contributed by atoms with E-state index in [0.717, 1.165) is 29.1 Å². The SMILES string of the molecule is Cc1noc2c1CCN(C(=O)Nc1ccc(C(C)(C)C)cc1)C2. The average molecular weight is 313 g/mol. The molecule has 1 aliphatic heterocycles. The van der Waals surface area contributed by atoms with Crippen molar-refractivity contribution in [1.29, 1.82) is 0 Å². The van der Waals surface area contributed by atoms with Crippen LogP contribution in [-0.4, -0.2) is 22.6 Å². The molecule has 1 N–H and O–H groups in total. The normalized spacial score (nSPS) is 14.5. The van der Waals surface area contributed by atoms with E-state index >= 15 is 0 Å². The van der Waals surface area contributed by atoms with Crippen LogP contribution in [-0.2, 0) is 18.4 Å². The summed E-state index contributed by atoms with van der Waals surface area (Å²) in [6.45, 7) is 9.61. The Hall–Kier alpha value is -2.30. The zero-order valence-electron chi connectivity index (χ0n) is 14.1. The number of amides is 2.